The molecule has 0 bridgehead atoms. The van der Waals surface area contributed by atoms with Gasteiger partial charge in [-0.3, -0.25) is 9.59 Å². The average molecular weight is 377 g/mol. The second-order valence-electron chi connectivity index (χ2n) is 7.01. The van der Waals surface area contributed by atoms with Crippen molar-refractivity contribution in [3.8, 4) is 11.5 Å². The molecule has 6 nitrogen and oxygen atoms in total. The zero-order valence-corrected chi connectivity index (χ0v) is 16.4. The van der Waals surface area contributed by atoms with Gasteiger partial charge in [0.1, 0.15) is 11.5 Å². The topological polar surface area (TPSA) is 76.1 Å². The normalized spacial score (nSPS) is 17.5. The molecule has 150 valence electrons. The molecule has 0 aliphatic carbocycles. The van der Waals surface area contributed by atoms with E-state index in [1.807, 2.05) is 19.9 Å². The summed E-state index contributed by atoms with van der Waals surface area (Å²) in [5.74, 6) is 0.217. The summed E-state index contributed by atoms with van der Waals surface area (Å²) in [6, 6.07) is 5.37. The number of hydrogen-bond acceptors (Lipinski definition) is 5. The molecular weight excluding hydrogens is 346 g/mol. The zero-order chi connectivity index (χ0) is 19.6. The van der Waals surface area contributed by atoms with Gasteiger partial charge in [-0.25, -0.2) is 0 Å². The highest BCUT2D eigenvalue weighted by atomic mass is 16.5. The van der Waals surface area contributed by atoms with Crippen molar-refractivity contribution in [1.82, 2.24) is 4.90 Å². The third-order valence-electron chi connectivity index (χ3n) is 4.70. The summed E-state index contributed by atoms with van der Waals surface area (Å²) in [5, 5.41) is 9.20. The van der Waals surface area contributed by atoms with Gasteiger partial charge in [0.05, 0.1) is 24.7 Å². The summed E-state index contributed by atoms with van der Waals surface area (Å²) in [6.07, 6.45) is 3.70. The van der Waals surface area contributed by atoms with E-state index in [0.29, 0.717) is 56.2 Å². The maximum atomic E-state index is 12.7. The van der Waals surface area contributed by atoms with Crippen LogP contribution in [-0.4, -0.2) is 54.6 Å². The second kappa shape index (κ2) is 10.9. The first-order valence-electron chi connectivity index (χ1n) is 9.93. The molecule has 27 heavy (non-hydrogen) atoms. The molecule has 1 heterocycles. The number of carboxylic acid groups (broad SMARTS) is 1. The number of likely N-dealkylation sites (tertiary alicyclic amines) is 1. The van der Waals surface area contributed by atoms with Gasteiger partial charge in [0.25, 0.3) is 0 Å². The van der Waals surface area contributed by atoms with Gasteiger partial charge in [0, 0.05) is 25.6 Å². The predicted molar refractivity (Wildman–Crippen MR) is 104 cm³/mol. The molecule has 1 aromatic rings. The average Bonchev–Trinajstić information content (AvgIpc) is 2.69. The second-order valence-corrected chi connectivity index (χ2v) is 7.01. The van der Waals surface area contributed by atoms with Gasteiger partial charge in [-0.1, -0.05) is 13.8 Å². The zero-order valence-electron chi connectivity index (χ0n) is 16.4. The highest BCUT2D eigenvalue weighted by molar-refractivity contribution is 5.99. The first-order chi connectivity index (χ1) is 13.0. The lowest BCUT2D eigenvalue weighted by molar-refractivity contribution is -0.143. The van der Waals surface area contributed by atoms with Crippen LogP contribution in [0.3, 0.4) is 0 Å². The maximum Gasteiger partial charge on any atom is 0.307 e. The van der Waals surface area contributed by atoms with E-state index in [-0.39, 0.29) is 11.7 Å². The van der Waals surface area contributed by atoms with E-state index in [2.05, 4.69) is 4.90 Å². The number of carbonyl (C=O) groups excluding carboxylic acids is 1. The molecule has 6 heteroatoms. The lowest BCUT2D eigenvalue weighted by Gasteiger charge is -2.30. The van der Waals surface area contributed by atoms with Crippen molar-refractivity contribution < 1.29 is 24.2 Å². The van der Waals surface area contributed by atoms with Crippen molar-refractivity contribution >= 4 is 11.8 Å². The summed E-state index contributed by atoms with van der Waals surface area (Å²) >= 11 is 0. The van der Waals surface area contributed by atoms with Crippen molar-refractivity contribution in [2.75, 3.05) is 32.8 Å². The Morgan fingerprint density at radius 3 is 2.63 bits per heavy atom. The molecule has 0 aromatic heterocycles. The molecule has 0 amide bonds. The molecule has 1 atom stereocenters. The van der Waals surface area contributed by atoms with E-state index >= 15 is 0 Å². The number of Topliss-reactive ketones (excluding diaryl/α,β-unsaturated/α-hetero) is 1. The van der Waals surface area contributed by atoms with Crippen LogP contribution in [0.1, 0.15) is 56.3 Å². The summed E-state index contributed by atoms with van der Waals surface area (Å²) in [7, 11) is 0. The van der Waals surface area contributed by atoms with E-state index in [4.69, 9.17) is 9.47 Å². The first-order valence-corrected chi connectivity index (χ1v) is 9.93. The van der Waals surface area contributed by atoms with Crippen LogP contribution in [0.15, 0.2) is 18.2 Å². The number of rotatable bonds is 11. The van der Waals surface area contributed by atoms with E-state index in [9.17, 15) is 14.7 Å². The molecule has 1 aliphatic rings. The van der Waals surface area contributed by atoms with Crippen LogP contribution < -0.4 is 9.47 Å². The van der Waals surface area contributed by atoms with Crippen molar-refractivity contribution in [3.63, 3.8) is 0 Å². The molecule has 1 fully saturated rings. The van der Waals surface area contributed by atoms with Crippen molar-refractivity contribution in [3.05, 3.63) is 23.8 Å². The molecule has 0 saturated carbocycles. The number of aliphatic carboxylic acids is 1. The molecule has 1 unspecified atom stereocenters. The molecule has 1 aliphatic heterocycles. The van der Waals surface area contributed by atoms with Crippen LogP contribution >= 0.6 is 0 Å². The number of piperidine rings is 1. The lowest BCUT2D eigenvalue weighted by atomic mass is 9.97. The van der Waals surface area contributed by atoms with E-state index in [1.54, 1.807) is 12.1 Å². The molecular formula is C21H31NO5. The summed E-state index contributed by atoms with van der Waals surface area (Å²) in [4.78, 5) is 26.0. The molecule has 2 rings (SSSR count). The minimum absolute atomic E-state index is 0.0144. The van der Waals surface area contributed by atoms with Crippen molar-refractivity contribution in [2.45, 2.75) is 46.0 Å². The summed E-state index contributed by atoms with van der Waals surface area (Å²) in [6.45, 7) is 7.18. The highest BCUT2D eigenvalue weighted by Gasteiger charge is 2.25. The van der Waals surface area contributed by atoms with Crippen LogP contribution in [0.4, 0.5) is 0 Å². The maximum absolute atomic E-state index is 12.7. The third kappa shape index (κ3) is 6.54. The number of nitrogens with zero attached hydrogens (tertiary/aromatic N) is 1. The Bertz CT molecular complexity index is 631. The minimum Gasteiger partial charge on any atom is -0.493 e. The SMILES string of the molecule is CCCOc1ccc(C(=O)CCN2CCCC(C(=O)O)C2)c(OCCC)c1. The van der Waals surface area contributed by atoms with Gasteiger partial charge in [0.2, 0.25) is 0 Å². The van der Waals surface area contributed by atoms with Crippen LogP contribution in [0.2, 0.25) is 0 Å². The van der Waals surface area contributed by atoms with Gasteiger partial charge in [-0.2, -0.15) is 0 Å². The smallest absolute Gasteiger partial charge is 0.307 e. The Hall–Kier alpha value is -2.08. The number of carbonyl (C=O) groups is 2. The highest BCUT2D eigenvalue weighted by Crippen LogP contribution is 2.27. The monoisotopic (exact) mass is 377 g/mol. The quantitative estimate of drug-likeness (QED) is 0.594. The van der Waals surface area contributed by atoms with E-state index < -0.39 is 5.97 Å². The Labute approximate surface area is 161 Å². The van der Waals surface area contributed by atoms with Crippen LogP contribution in [0.5, 0.6) is 11.5 Å². The molecule has 1 saturated heterocycles. The Morgan fingerprint density at radius 2 is 1.93 bits per heavy atom. The fourth-order valence-electron chi connectivity index (χ4n) is 3.23. The number of benzene rings is 1. The third-order valence-corrected chi connectivity index (χ3v) is 4.70. The van der Waals surface area contributed by atoms with Gasteiger partial charge >= 0.3 is 5.97 Å². The number of ketones is 1. The Kier molecular flexibility index (Phi) is 8.58. The number of hydrogen-bond donors (Lipinski definition) is 1. The Balaban J connectivity index is 2.00. The van der Waals surface area contributed by atoms with Gasteiger partial charge < -0.3 is 19.5 Å². The number of carboxylic acids is 1. The minimum atomic E-state index is -0.746. The molecule has 1 aromatic carbocycles. The lowest BCUT2D eigenvalue weighted by Crippen LogP contribution is -2.39. The van der Waals surface area contributed by atoms with Gasteiger partial charge in [-0.05, 0) is 44.4 Å². The Morgan fingerprint density at radius 1 is 1.19 bits per heavy atom. The van der Waals surface area contributed by atoms with E-state index in [1.165, 1.54) is 0 Å². The largest absolute Gasteiger partial charge is 0.493 e. The van der Waals surface area contributed by atoms with Crippen molar-refractivity contribution in [2.24, 2.45) is 5.92 Å². The van der Waals surface area contributed by atoms with Crippen LogP contribution in [0.25, 0.3) is 0 Å². The summed E-state index contributed by atoms with van der Waals surface area (Å²) in [5.41, 5.74) is 0.569. The first kappa shape index (κ1) is 21.2. The van der Waals surface area contributed by atoms with Crippen LogP contribution in [-0.2, 0) is 4.79 Å². The van der Waals surface area contributed by atoms with Crippen LogP contribution in [0, 0.1) is 5.92 Å². The summed E-state index contributed by atoms with van der Waals surface area (Å²) < 4.78 is 11.4. The fourth-order valence-corrected chi connectivity index (χ4v) is 3.23. The van der Waals surface area contributed by atoms with Gasteiger partial charge in [-0.15, -0.1) is 0 Å². The van der Waals surface area contributed by atoms with E-state index in [0.717, 1.165) is 25.8 Å². The standard InChI is InChI=1S/C21H31NO5/c1-3-12-26-17-7-8-18(20(14-17)27-13-4-2)19(23)9-11-22-10-5-6-16(15-22)21(24)25/h7-8,14,16H,3-6,9-13,15H2,1-2H3,(H,24,25). The number of ether oxygens (including phenoxy) is 2. The molecule has 0 spiro atoms. The molecule has 1 N–H and O–H groups in total. The van der Waals surface area contributed by atoms with Crippen molar-refractivity contribution in [1.29, 1.82) is 0 Å². The predicted octanol–water partition coefficient (Wildman–Crippen LogP) is 3.63. The van der Waals surface area contributed by atoms with Gasteiger partial charge in [0.15, 0.2) is 5.78 Å². The fraction of sp³-hybridized carbons (Fsp3) is 0.619. The molecule has 0 radical (unpaired) electrons.